The van der Waals surface area contributed by atoms with E-state index in [1.165, 1.54) is 0 Å². The smallest absolute Gasteiger partial charge is 0.0910 e. The van der Waals surface area contributed by atoms with Gasteiger partial charge in [0.15, 0.2) is 0 Å². The van der Waals surface area contributed by atoms with Crippen molar-refractivity contribution in [1.29, 1.82) is 0 Å². The number of hydrogen-bond donors (Lipinski definition) is 0. The molecule has 3 heteroatoms. The van der Waals surface area contributed by atoms with Crippen LogP contribution in [0.4, 0.5) is 0 Å². The molecule has 1 aromatic heterocycles. The van der Waals surface area contributed by atoms with Gasteiger partial charge in [0.1, 0.15) is 0 Å². The Bertz CT molecular complexity index is 283. The van der Waals surface area contributed by atoms with Crippen molar-refractivity contribution in [3.8, 4) is 0 Å². The minimum absolute atomic E-state index is 0.318. The summed E-state index contributed by atoms with van der Waals surface area (Å²) >= 11 is 0. The highest BCUT2D eigenvalue weighted by atomic mass is 16.5. The minimum atomic E-state index is 0.318. The molecule has 2 atom stereocenters. The van der Waals surface area contributed by atoms with Crippen LogP contribution in [0, 0.1) is 0 Å². The molecule has 0 aliphatic carbocycles. The van der Waals surface area contributed by atoms with E-state index in [2.05, 4.69) is 32.8 Å². The summed E-state index contributed by atoms with van der Waals surface area (Å²) in [5.74, 6) is 0. The minimum Gasteiger partial charge on any atom is -0.372 e. The molecule has 0 aromatic carbocycles. The zero-order valence-corrected chi connectivity index (χ0v) is 10.2. The highest BCUT2D eigenvalue weighted by molar-refractivity contribution is 4.97. The molecular weight excluding hydrogens is 188 g/mol. The predicted molar refractivity (Wildman–Crippen MR) is 61.8 cm³/mol. The van der Waals surface area contributed by atoms with Gasteiger partial charge in [-0.3, -0.25) is 4.68 Å². The molecule has 0 N–H and O–H groups in total. The highest BCUT2D eigenvalue weighted by Gasteiger charge is 2.05. The first-order valence-electron chi connectivity index (χ1n) is 5.83. The summed E-state index contributed by atoms with van der Waals surface area (Å²) in [6.07, 6.45) is 4.50. The van der Waals surface area contributed by atoms with E-state index in [-0.39, 0.29) is 0 Å². The van der Waals surface area contributed by atoms with Gasteiger partial charge in [-0.25, -0.2) is 0 Å². The molecule has 1 aromatic rings. The van der Waals surface area contributed by atoms with Gasteiger partial charge in [0.25, 0.3) is 0 Å². The first-order chi connectivity index (χ1) is 7.17. The topological polar surface area (TPSA) is 27.1 Å². The SMILES string of the molecule is CCC(C)OCc1ccn(C(C)CC)n1. The number of aromatic nitrogens is 2. The molecule has 15 heavy (non-hydrogen) atoms. The number of nitrogens with zero attached hydrogens (tertiary/aromatic N) is 2. The zero-order chi connectivity index (χ0) is 11.3. The first kappa shape index (κ1) is 12.2. The molecule has 1 heterocycles. The molecule has 2 unspecified atom stereocenters. The van der Waals surface area contributed by atoms with Gasteiger partial charge in [-0.15, -0.1) is 0 Å². The molecule has 0 saturated carbocycles. The summed E-state index contributed by atoms with van der Waals surface area (Å²) in [5, 5.41) is 4.48. The highest BCUT2D eigenvalue weighted by Crippen LogP contribution is 2.10. The van der Waals surface area contributed by atoms with Crippen LogP contribution < -0.4 is 0 Å². The Balaban J connectivity index is 2.46. The van der Waals surface area contributed by atoms with Crippen molar-refractivity contribution in [2.24, 2.45) is 0 Å². The summed E-state index contributed by atoms with van der Waals surface area (Å²) in [6.45, 7) is 9.18. The Labute approximate surface area is 92.4 Å². The van der Waals surface area contributed by atoms with Gasteiger partial charge in [-0.1, -0.05) is 13.8 Å². The van der Waals surface area contributed by atoms with E-state index in [0.717, 1.165) is 18.5 Å². The fraction of sp³-hybridized carbons (Fsp3) is 0.750. The normalized spacial score (nSPS) is 15.2. The molecule has 0 spiro atoms. The Morgan fingerprint density at radius 2 is 2.07 bits per heavy atom. The van der Waals surface area contributed by atoms with Crippen molar-refractivity contribution >= 4 is 0 Å². The van der Waals surface area contributed by atoms with Crippen molar-refractivity contribution in [3.63, 3.8) is 0 Å². The van der Waals surface area contributed by atoms with Gasteiger partial charge < -0.3 is 4.74 Å². The third-order valence-corrected chi connectivity index (χ3v) is 2.80. The molecule has 1 rings (SSSR count). The van der Waals surface area contributed by atoms with Crippen LogP contribution in [0.3, 0.4) is 0 Å². The molecule has 3 nitrogen and oxygen atoms in total. The van der Waals surface area contributed by atoms with E-state index in [0.29, 0.717) is 18.8 Å². The quantitative estimate of drug-likeness (QED) is 0.721. The zero-order valence-electron chi connectivity index (χ0n) is 10.2. The van der Waals surface area contributed by atoms with Gasteiger partial charge >= 0.3 is 0 Å². The van der Waals surface area contributed by atoms with Gasteiger partial charge in [0.2, 0.25) is 0 Å². The van der Waals surface area contributed by atoms with E-state index < -0.39 is 0 Å². The fourth-order valence-corrected chi connectivity index (χ4v) is 1.23. The van der Waals surface area contributed by atoms with Crippen LogP contribution in [0.2, 0.25) is 0 Å². The van der Waals surface area contributed by atoms with E-state index in [1.54, 1.807) is 0 Å². The molecular formula is C12H22N2O. The average Bonchev–Trinajstić information content (AvgIpc) is 2.73. The molecule has 0 saturated heterocycles. The van der Waals surface area contributed by atoms with E-state index >= 15 is 0 Å². The Morgan fingerprint density at radius 1 is 1.33 bits per heavy atom. The average molecular weight is 210 g/mol. The van der Waals surface area contributed by atoms with Gasteiger partial charge in [-0.2, -0.15) is 5.10 Å². The monoisotopic (exact) mass is 210 g/mol. The number of hydrogen-bond acceptors (Lipinski definition) is 2. The standard InChI is InChI=1S/C12H22N2O/c1-5-10(3)14-8-7-12(13-14)9-15-11(4)6-2/h7-8,10-11H,5-6,9H2,1-4H3. The van der Waals surface area contributed by atoms with E-state index in [1.807, 2.05) is 16.9 Å². The predicted octanol–water partition coefficient (Wildman–Crippen LogP) is 3.17. The molecule has 0 amide bonds. The summed E-state index contributed by atoms with van der Waals surface area (Å²) in [6, 6.07) is 2.51. The number of rotatable bonds is 6. The lowest BCUT2D eigenvalue weighted by molar-refractivity contribution is 0.0485. The third-order valence-electron chi connectivity index (χ3n) is 2.80. The lowest BCUT2D eigenvalue weighted by Gasteiger charge is -2.10. The van der Waals surface area contributed by atoms with Gasteiger partial charge in [-0.05, 0) is 32.8 Å². The van der Waals surface area contributed by atoms with Crippen LogP contribution in [-0.2, 0) is 11.3 Å². The summed E-state index contributed by atoms with van der Waals surface area (Å²) in [4.78, 5) is 0. The first-order valence-corrected chi connectivity index (χ1v) is 5.83. The van der Waals surface area contributed by atoms with Crippen LogP contribution in [0.15, 0.2) is 12.3 Å². The maximum absolute atomic E-state index is 5.63. The third kappa shape index (κ3) is 3.67. The van der Waals surface area contributed by atoms with Crippen molar-refractivity contribution < 1.29 is 4.74 Å². The molecule has 0 bridgehead atoms. The van der Waals surface area contributed by atoms with Crippen molar-refractivity contribution in [3.05, 3.63) is 18.0 Å². The second kappa shape index (κ2) is 5.91. The van der Waals surface area contributed by atoms with Crippen LogP contribution in [0.5, 0.6) is 0 Å². The van der Waals surface area contributed by atoms with Crippen LogP contribution >= 0.6 is 0 Å². The van der Waals surface area contributed by atoms with Crippen LogP contribution in [0.25, 0.3) is 0 Å². The van der Waals surface area contributed by atoms with Crippen molar-refractivity contribution in [2.75, 3.05) is 0 Å². The second-order valence-corrected chi connectivity index (χ2v) is 4.07. The Kier molecular flexibility index (Phi) is 4.82. The molecule has 0 aliphatic rings. The van der Waals surface area contributed by atoms with Gasteiger partial charge in [0.05, 0.1) is 18.4 Å². The van der Waals surface area contributed by atoms with Crippen molar-refractivity contribution in [2.45, 2.75) is 59.3 Å². The summed E-state index contributed by atoms with van der Waals surface area (Å²) < 4.78 is 7.64. The molecule has 0 radical (unpaired) electrons. The molecule has 86 valence electrons. The maximum Gasteiger partial charge on any atom is 0.0910 e. The summed E-state index contributed by atoms with van der Waals surface area (Å²) in [5.41, 5.74) is 1.02. The number of ether oxygens (including phenoxy) is 1. The van der Waals surface area contributed by atoms with E-state index in [9.17, 15) is 0 Å². The molecule has 0 fully saturated rings. The van der Waals surface area contributed by atoms with Crippen LogP contribution in [-0.4, -0.2) is 15.9 Å². The Hall–Kier alpha value is -0.830. The lowest BCUT2D eigenvalue weighted by Crippen LogP contribution is -2.08. The second-order valence-electron chi connectivity index (χ2n) is 4.07. The van der Waals surface area contributed by atoms with Crippen LogP contribution in [0.1, 0.15) is 52.3 Å². The van der Waals surface area contributed by atoms with Crippen molar-refractivity contribution in [1.82, 2.24) is 9.78 Å². The largest absolute Gasteiger partial charge is 0.372 e. The maximum atomic E-state index is 5.63. The Morgan fingerprint density at radius 3 is 2.67 bits per heavy atom. The molecule has 0 aliphatic heterocycles. The van der Waals surface area contributed by atoms with Gasteiger partial charge in [0, 0.05) is 12.2 Å². The lowest BCUT2D eigenvalue weighted by atomic mass is 10.3. The summed E-state index contributed by atoms with van der Waals surface area (Å²) in [7, 11) is 0. The van der Waals surface area contributed by atoms with E-state index in [4.69, 9.17) is 4.74 Å². The fourth-order valence-electron chi connectivity index (χ4n) is 1.23.